The van der Waals surface area contributed by atoms with Crippen molar-refractivity contribution < 1.29 is 22.7 Å². The first-order valence-electron chi connectivity index (χ1n) is 8.20. The van der Waals surface area contributed by atoms with Gasteiger partial charge in [-0.1, -0.05) is 24.3 Å². The van der Waals surface area contributed by atoms with Gasteiger partial charge < -0.3 is 15.0 Å². The summed E-state index contributed by atoms with van der Waals surface area (Å²) >= 11 is 0. The molecule has 1 aliphatic rings. The Bertz CT molecular complexity index is 775. The van der Waals surface area contributed by atoms with Crippen molar-refractivity contribution in [1.29, 1.82) is 0 Å². The van der Waals surface area contributed by atoms with Crippen LogP contribution in [0.4, 0.5) is 23.7 Å². The largest absolute Gasteiger partial charge is 0.416 e. The standard InChI is InChI=1S/C19H19F3N2O2/c1-24(11-17-10-13-4-2-3-5-14(13)12-26-17)18(25)23-16-8-6-15(7-9-16)19(20,21)22/h2-9,17H,10-12H2,1H3,(H,23,25). The van der Waals surface area contributed by atoms with E-state index in [1.54, 1.807) is 7.05 Å². The number of carbonyl (C=O) groups excluding carboxylic acids is 1. The number of carbonyl (C=O) groups is 1. The highest BCUT2D eigenvalue weighted by atomic mass is 19.4. The Morgan fingerprint density at radius 3 is 2.46 bits per heavy atom. The first-order valence-corrected chi connectivity index (χ1v) is 8.20. The Labute approximate surface area is 149 Å². The summed E-state index contributed by atoms with van der Waals surface area (Å²) in [5.41, 5.74) is 1.92. The lowest BCUT2D eigenvalue weighted by Gasteiger charge is -2.29. The third-order valence-electron chi connectivity index (χ3n) is 4.33. The molecule has 2 aromatic carbocycles. The molecule has 26 heavy (non-hydrogen) atoms. The number of likely N-dealkylation sites (N-methyl/N-ethyl adjacent to an activating group) is 1. The molecule has 7 heteroatoms. The van der Waals surface area contributed by atoms with Gasteiger partial charge in [0.1, 0.15) is 0 Å². The molecule has 1 atom stereocenters. The van der Waals surface area contributed by atoms with Crippen LogP contribution < -0.4 is 5.32 Å². The van der Waals surface area contributed by atoms with Crippen LogP contribution in [0.3, 0.4) is 0 Å². The van der Waals surface area contributed by atoms with Crippen molar-refractivity contribution in [3.63, 3.8) is 0 Å². The van der Waals surface area contributed by atoms with Gasteiger partial charge in [0, 0.05) is 25.7 Å². The number of urea groups is 1. The lowest BCUT2D eigenvalue weighted by atomic mass is 9.99. The lowest BCUT2D eigenvalue weighted by molar-refractivity contribution is -0.137. The predicted octanol–water partition coefficient (Wildman–Crippen LogP) is 4.31. The molecule has 2 amide bonds. The fourth-order valence-corrected chi connectivity index (χ4v) is 2.88. The van der Waals surface area contributed by atoms with Crippen LogP contribution in [0.25, 0.3) is 0 Å². The number of amides is 2. The third-order valence-corrected chi connectivity index (χ3v) is 4.33. The number of nitrogens with zero attached hydrogens (tertiary/aromatic N) is 1. The molecule has 0 saturated heterocycles. The minimum atomic E-state index is -4.39. The number of hydrogen-bond donors (Lipinski definition) is 1. The number of hydrogen-bond acceptors (Lipinski definition) is 2. The lowest BCUT2D eigenvalue weighted by Crippen LogP contribution is -2.40. The topological polar surface area (TPSA) is 41.6 Å². The molecule has 1 heterocycles. The average molecular weight is 364 g/mol. The molecule has 0 spiro atoms. The Kier molecular flexibility index (Phi) is 5.18. The molecule has 0 fully saturated rings. The average Bonchev–Trinajstić information content (AvgIpc) is 2.61. The zero-order chi connectivity index (χ0) is 18.7. The quantitative estimate of drug-likeness (QED) is 0.882. The Hall–Kier alpha value is -2.54. The van der Waals surface area contributed by atoms with Crippen LogP contribution in [0, 0.1) is 0 Å². The minimum Gasteiger partial charge on any atom is -0.371 e. The van der Waals surface area contributed by atoms with Gasteiger partial charge >= 0.3 is 12.2 Å². The SMILES string of the molecule is CN(CC1Cc2ccccc2CO1)C(=O)Nc1ccc(C(F)(F)F)cc1. The van der Waals surface area contributed by atoms with Crippen molar-refractivity contribution in [2.45, 2.75) is 25.3 Å². The van der Waals surface area contributed by atoms with Crippen LogP contribution in [-0.4, -0.2) is 30.6 Å². The smallest absolute Gasteiger partial charge is 0.371 e. The van der Waals surface area contributed by atoms with Gasteiger partial charge in [0.05, 0.1) is 18.3 Å². The van der Waals surface area contributed by atoms with E-state index in [1.165, 1.54) is 22.6 Å². The molecule has 4 nitrogen and oxygen atoms in total. The van der Waals surface area contributed by atoms with E-state index < -0.39 is 17.8 Å². The maximum Gasteiger partial charge on any atom is 0.416 e. The maximum absolute atomic E-state index is 12.6. The van der Waals surface area contributed by atoms with Crippen LogP contribution >= 0.6 is 0 Å². The van der Waals surface area contributed by atoms with Gasteiger partial charge in [0.15, 0.2) is 0 Å². The molecule has 1 N–H and O–H groups in total. The monoisotopic (exact) mass is 364 g/mol. The summed E-state index contributed by atoms with van der Waals surface area (Å²) in [6.45, 7) is 0.899. The fourth-order valence-electron chi connectivity index (χ4n) is 2.88. The molecule has 1 aliphatic heterocycles. The summed E-state index contributed by atoms with van der Waals surface area (Å²) in [5.74, 6) is 0. The second-order valence-corrected chi connectivity index (χ2v) is 6.29. The van der Waals surface area contributed by atoms with Gasteiger partial charge in [0.2, 0.25) is 0 Å². The minimum absolute atomic E-state index is 0.117. The van der Waals surface area contributed by atoms with Crippen molar-refractivity contribution >= 4 is 11.7 Å². The van der Waals surface area contributed by atoms with Crippen LogP contribution in [0.2, 0.25) is 0 Å². The van der Waals surface area contributed by atoms with E-state index in [0.717, 1.165) is 17.7 Å². The van der Waals surface area contributed by atoms with Gasteiger partial charge in [0.25, 0.3) is 0 Å². The van der Waals surface area contributed by atoms with Crippen LogP contribution in [-0.2, 0) is 23.9 Å². The zero-order valence-corrected chi connectivity index (χ0v) is 14.2. The second-order valence-electron chi connectivity index (χ2n) is 6.29. The first kappa shape index (κ1) is 18.3. The number of rotatable bonds is 3. The number of fused-ring (bicyclic) bond motifs is 1. The van der Waals surface area contributed by atoms with Gasteiger partial charge in [-0.2, -0.15) is 13.2 Å². The molecular weight excluding hydrogens is 345 g/mol. The van der Waals surface area contributed by atoms with E-state index in [9.17, 15) is 18.0 Å². The van der Waals surface area contributed by atoms with E-state index in [1.807, 2.05) is 24.3 Å². The van der Waals surface area contributed by atoms with E-state index in [2.05, 4.69) is 5.32 Å². The van der Waals surface area contributed by atoms with Crippen molar-refractivity contribution in [3.8, 4) is 0 Å². The summed E-state index contributed by atoms with van der Waals surface area (Å²) in [6, 6.07) is 12.0. The molecule has 3 rings (SSSR count). The van der Waals surface area contributed by atoms with E-state index in [-0.39, 0.29) is 6.10 Å². The van der Waals surface area contributed by atoms with Crippen molar-refractivity contribution in [1.82, 2.24) is 4.90 Å². The van der Waals surface area contributed by atoms with E-state index in [4.69, 9.17) is 4.74 Å². The molecule has 0 aromatic heterocycles. The number of nitrogens with one attached hydrogen (secondary N) is 1. The highest BCUT2D eigenvalue weighted by Gasteiger charge is 2.30. The first-order chi connectivity index (χ1) is 12.3. The van der Waals surface area contributed by atoms with Crippen LogP contribution in [0.15, 0.2) is 48.5 Å². The Balaban J connectivity index is 1.55. The van der Waals surface area contributed by atoms with Crippen molar-refractivity contribution in [2.24, 2.45) is 0 Å². The summed E-state index contributed by atoms with van der Waals surface area (Å²) in [5, 5.41) is 2.59. The van der Waals surface area contributed by atoms with Gasteiger partial charge in [-0.25, -0.2) is 4.79 Å². The number of alkyl halides is 3. The van der Waals surface area contributed by atoms with Gasteiger partial charge in [-0.15, -0.1) is 0 Å². The highest BCUT2D eigenvalue weighted by Crippen LogP contribution is 2.29. The number of ether oxygens (including phenoxy) is 1. The summed E-state index contributed by atoms with van der Waals surface area (Å²) in [7, 11) is 1.63. The van der Waals surface area contributed by atoms with E-state index in [0.29, 0.717) is 25.3 Å². The fraction of sp³-hybridized carbons (Fsp3) is 0.316. The predicted molar refractivity (Wildman–Crippen MR) is 91.8 cm³/mol. The number of benzene rings is 2. The van der Waals surface area contributed by atoms with Crippen molar-refractivity contribution in [3.05, 3.63) is 65.2 Å². The molecule has 0 bridgehead atoms. The number of halogens is 3. The normalized spacial score (nSPS) is 16.7. The molecule has 2 aromatic rings. The zero-order valence-electron chi connectivity index (χ0n) is 14.2. The third kappa shape index (κ3) is 4.35. The summed E-state index contributed by atoms with van der Waals surface area (Å²) in [6.07, 6.45) is -3.80. The molecule has 0 saturated carbocycles. The van der Waals surface area contributed by atoms with Crippen LogP contribution in [0.1, 0.15) is 16.7 Å². The molecule has 0 radical (unpaired) electrons. The second kappa shape index (κ2) is 7.37. The molecule has 1 unspecified atom stereocenters. The van der Waals surface area contributed by atoms with Gasteiger partial charge in [-0.05, 0) is 35.4 Å². The van der Waals surface area contributed by atoms with Crippen molar-refractivity contribution in [2.75, 3.05) is 18.9 Å². The molecule has 138 valence electrons. The number of anilines is 1. The summed E-state index contributed by atoms with van der Waals surface area (Å²) in [4.78, 5) is 13.7. The highest BCUT2D eigenvalue weighted by molar-refractivity contribution is 5.89. The van der Waals surface area contributed by atoms with Crippen LogP contribution in [0.5, 0.6) is 0 Å². The molecule has 0 aliphatic carbocycles. The van der Waals surface area contributed by atoms with E-state index >= 15 is 0 Å². The summed E-state index contributed by atoms with van der Waals surface area (Å²) < 4.78 is 43.5. The Morgan fingerprint density at radius 2 is 1.81 bits per heavy atom. The molecular formula is C19H19F3N2O2. The maximum atomic E-state index is 12.6. The Morgan fingerprint density at radius 1 is 1.15 bits per heavy atom. The van der Waals surface area contributed by atoms with Gasteiger partial charge in [-0.3, -0.25) is 0 Å².